The molecule has 4 rings (SSSR count). The van der Waals surface area contributed by atoms with E-state index in [0.717, 1.165) is 0 Å². The highest BCUT2D eigenvalue weighted by Crippen LogP contribution is 2.35. The molecule has 0 aliphatic heterocycles. The normalized spacial score (nSPS) is 21.1. The minimum absolute atomic E-state index is 0.263. The molecule has 1 heterocycles. The van der Waals surface area contributed by atoms with E-state index in [-0.39, 0.29) is 5.56 Å². The van der Waals surface area contributed by atoms with Crippen LogP contribution in [-0.2, 0) is 19.2 Å². The number of carbonyl (C=O) groups is 4. The first kappa shape index (κ1) is 15.2. The van der Waals surface area contributed by atoms with Gasteiger partial charge in [0, 0.05) is 10.9 Å². The summed E-state index contributed by atoms with van der Waals surface area (Å²) in [7, 11) is 0. The molecule has 2 aromatic carbocycles. The van der Waals surface area contributed by atoms with Crippen molar-refractivity contribution in [2.75, 3.05) is 0 Å². The van der Waals surface area contributed by atoms with Gasteiger partial charge in [0.15, 0.2) is 0 Å². The first-order chi connectivity index (χ1) is 12.1. The van der Waals surface area contributed by atoms with E-state index in [1.165, 1.54) is 6.26 Å². The molecule has 5 heteroatoms. The van der Waals surface area contributed by atoms with E-state index in [0.29, 0.717) is 16.5 Å². The number of ketones is 4. The Morgan fingerprint density at radius 3 is 1.88 bits per heavy atom. The van der Waals surface area contributed by atoms with Gasteiger partial charge < -0.3 is 4.42 Å². The SMILES string of the molecule is O=C1C(=O)C(c2coc3ccccc23)C(=O)C(=O)C1c1ccccc1. The summed E-state index contributed by atoms with van der Waals surface area (Å²) in [4.78, 5) is 50.4. The first-order valence-electron chi connectivity index (χ1n) is 7.77. The smallest absolute Gasteiger partial charge is 0.215 e. The molecular formula is C20H12O5. The molecule has 0 amide bonds. The summed E-state index contributed by atoms with van der Waals surface area (Å²) in [5.41, 5.74) is 1.11. The molecule has 1 aliphatic rings. The number of carbonyl (C=O) groups excluding carboxylic acids is 4. The van der Waals surface area contributed by atoms with Crippen LogP contribution >= 0.6 is 0 Å². The van der Waals surface area contributed by atoms with Gasteiger partial charge in [0.25, 0.3) is 0 Å². The molecule has 0 unspecified atom stereocenters. The molecule has 0 bridgehead atoms. The van der Waals surface area contributed by atoms with Crippen molar-refractivity contribution >= 4 is 34.1 Å². The van der Waals surface area contributed by atoms with Crippen molar-refractivity contribution in [3.05, 3.63) is 72.0 Å². The second-order valence-corrected chi connectivity index (χ2v) is 5.92. The lowest BCUT2D eigenvalue weighted by molar-refractivity contribution is -0.151. The zero-order valence-electron chi connectivity index (χ0n) is 13.0. The fraction of sp³-hybridized carbons (Fsp3) is 0.100. The van der Waals surface area contributed by atoms with E-state index in [4.69, 9.17) is 4.42 Å². The van der Waals surface area contributed by atoms with Crippen LogP contribution in [-0.4, -0.2) is 23.1 Å². The number of fused-ring (bicyclic) bond motifs is 1. The Morgan fingerprint density at radius 1 is 0.640 bits per heavy atom. The minimum atomic E-state index is -1.43. The van der Waals surface area contributed by atoms with Crippen LogP contribution in [0, 0.1) is 0 Å². The lowest BCUT2D eigenvalue weighted by Gasteiger charge is -2.23. The van der Waals surface area contributed by atoms with Crippen LogP contribution in [0.1, 0.15) is 23.0 Å². The van der Waals surface area contributed by atoms with Gasteiger partial charge in [-0.15, -0.1) is 0 Å². The molecule has 0 atom stereocenters. The average molecular weight is 332 g/mol. The number of furan rings is 1. The molecule has 1 aliphatic carbocycles. The zero-order valence-corrected chi connectivity index (χ0v) is 13.0. The van der Waals surface area contributed by atoms with Crippen LogP contribution in [0.4, 0.5) is 0 Å². The van der Waals surface area contributed by atoms with Crippen LogP contribution in [0.2, 0.25) is 0 Å². The van der Waals surface area contributed by atoms with Crippen molar-refractivity contribution in [3.8, 4) is 0 Å². The molecule has 25 heavy (non-hydrogen) atoms. The van der Waals surface area contributed by atoms with Crippen molar-refractivity contribution in [1.82, 2.24) is 0 Å². The molecule has 1 fully saturated rings. The molecule has 0 spiro atoms. The first-order valence-corrected chi connectivity index (χ1v) is 7.77. The van der Waals surface area contributed by atoms with Crippen LogP contribution in [0.15, 0.2) is 65.3 Å². The van der Waals surface area contributed by atoms with Gasteiger partial charge in [-0.1, -0.05) is 48.5 Å². The van der Waals surface area contributed by atoms with Crippen LogP contribution < -0.4 is 0 Å². The fourth-order valence-corrected chi connectivity index (χ4v) is 3.26. The number of rotatable bonds is 2. The average Bonchev–Trinajstić information content (AvgIpc) is 3.05. The summed E-state index contributed by atoms with van der Waals surface area (Å²) in [5, 5.41) is 0.549. The van der Waals surface area contributed by atoms with Gasteiger partial charge in [-0.25, -0.2) is 0 Å². The van der Waals surface area contributed by atoms with Crippen LogP contribution in [0.25, 0.3) is 11.0 Å². The Balaban J connectivity index is 1.81. The molecule has 3 aromatic rings. The third kappa shape index (κ3) is 2.24. The maximum Gasteiger partial charge on any atom is 0.215 e. The molecule has 5 nitrogen and oxygen atoms in total. The molecule has 122 valence electrons. The Labute approximate surface area is 142 Å². The van der Waals surface area contributed by atoms with Crippen molar-refractivity contribution in [2.45, 2.75) is 11.8 Å². The maximum atomic E-state index is 12.6. The summed E-state index contributed by atoms with van der Waals surface area (Å²) in [6.45, 7) is 0. The van der Waals surface area contributed by atoms with Gasteiger partial charge in [0.05, 0.1) is 6.26 Å². The summed E-state index contributed by atoms with van der Waals surface area (Å²) in [5.74, 6) is -6.23. The van der Waals surface area contributed by atoms with E-state index < -0.39 is 35.0 Å². The fourth-order valence-electron chi connectivity index (χ4n) is 3.26. The molecule has 1 saturated carbocycles. The third-order valence-electron chi connectivity index (χ3n) is 4.49. The van der Waals surface area contributed by atoms with Crippen LogP contribution in [0.5, 0.6) is 0 Å². The van der Waals surface area contributed by atoms with E-state index in [9.17, 15) is 19.2 Å². The van der Waals surface area contributed by atoms with Crippen LogP contribution in [0.3, 0.4) is 0 Å². The lowest BCUT2D eigenvalue weighted by Crippen LogP contribution is -2.46. The molecular weight excluding hydrogens is 320 g/mol. The van der Waals surface area contributed by atoms with E-state index in [1.54, 1.807) is 54.6 Å². The largest absolute Gasteiger partial charge is 0.464 e. The summed E-state index contributed by atoms with van der Waals surface area (Å²) in [6, 6.07) is 15.0. The van der Waals surface area contributed by atoms with Crippen molar-refractivity contribution in [1.29, 1.82) is 0 Å². The Kier molecular flexibility index (Phi) is 3.42. The standard InChI is InChI=1S/C20H12O5/c21-17-15(11-6-2-1-3-7-11)18(22)20(24)16(19(17)23)13-10-25-14-9-5-4-8-12(13)14/h1-10,15-16H. The molecule has 1 aromatic heterocycles. The maximum absolute atomic E-state index is 12.6. The topological polar surface area (TPSA) is 81.4 Å². The number of para-hydroxylation sites is 1. The Hall–Kier alpha value is -3.34. The van der Waals surface area contributed by atoms with Gasteiger partial charge in [-0.3, -0.25) is 19.2 Å². The van der Waals surface area contributed by atoms with Crippen molar-refractivity contribution in [2.24, 2.45) is 0 Å². The van der Waals surface area contributed by atoms with Gasteiger partial charge >= 0.3 is 0 Å². The number of Topliss-reactive ketones (excluding diaryl/α,β-unsaturated/α-hetero) is 4. The van der Waals surface area contributed by atoms with Gasteiger partial charge in [-0.2, -0.15) is 0 Å². The van der Waals surface area contributed by atoms with E-state index >= 15 is 0 Å². The highest BCUT2D eigenvalue weighted by Gasteiger charge is 2.50. The van der Waals surface area contributed by atoms with Gasteiger partial charge in [0.1, 0.15) is 17.4 Å². The monoisotopic (exact) mass is 332 g/mol. The second-order valence-electron chi connectivity index (χ2n) is 5.92. The van der Waals surface area contributed by atoms with Crippen molar-refractivity contribution in [3.63, 3.8) is 0 Å². The summed E-state index contributed by atoms with van der Waals surface area (Å²) >= 11 is 0. The van der Waals surface area contributed by atoms with Gasteiger partial charge in [-0.05, 0) is 11.6 Å². The third-order valence-corrected chi connectivity index (χ3v) is 4.49. The quantitative estimate of drug-likeness (QED) is 0.532. The molecule has 0 N–H and O–H groups in total. The Morgan fingerprint density at radius 2 is 1.20 bits per heavy atom. The lowest BCUT2D eigenvalue weighted by atomic mass is 9.72. The molecule has 0 radical (unpaired) electrons. The predicted molar refractivity (Wildman–Crippen MR) is 88.2 cm³/mol. The van der Waals surface area contributed by atoms with Gasteiger partial charge in [0.2, 0.25) is 23.1 Å². The minimum Gasteiger partial charge on any atom is -0.464 e. The number of benzene rings is 2. The summed E-state index contributed by atoms with van der Waals surface area (Å²) in [6.07, 6.45) is 1.27. The highest BCUT2D eigenvalue weighted by molar-refractivity contribution is 6.63. The van der Waals surface area contributed by atoms with E-state index in [2.05, 4.69) is 0 Å². The number of hydrogen-bond acceptors (Lipinski definition) is 5. The zero-order chi connectivity index (χ0) is 17.6. The Bertz CT molecular complexity index is 1000. The molecule has 0 saturated heterocycles. The second kappa shape index (κ2) is 5.63. The number of hydrogen-bond donors (Lipinski definition) is 0. The van der Waals surface area contributed by atoms with Crippen molar-refractivity contribution < 1.29 is 23.6 Å². The summed E-state index contributed by atoms with van der Waals surface area (Å²) < 4.78 is 5.35. The van der Waals surface area contributed by atoms with E-state index in [1.807, 2.05) is 0 Å². The highest BCUT2D eigenvalue weighted by atomic mass is 16.3. The predicted octanol–water partition coefficient (Wildman–Crippen LogP) is 2.59.